The van der Waals surface area contributed by atoms with Crippen molar-refractivity contribution in [3.8, 4) is 23.3 Å². The molecule has 0 aliphatic carbocycles. The van der Waals surface area contributed by atoms with Crippen molar-refractivity contribution in [1.82, 2.24) is 14.2 Å². The summed E-state index contributed by atoms with van der Waals surface area (Å²) in [5, 5.41) is 9.86. The lowest BCUT2D eigenvalue weighted by molar-refractivity contribution is 0.0559. The average molecular weight is 564 g/mol. The second kappa shape index (κ2) is 12.5. The van der Waals surface area contributed by atoms with Gasteiger partial charge in [-0.15, -0.1) is 0 Å². The van der Waals surface area contributed by atoms with Crippen molar-refractivity contribution in [3.63, 3.8) is 0 Å². The second-order valence-corrected chi connectivity index (χ2v) is 11.6. The summed E-state index contributed by atoms with van der Waals surface area (Å²) in [4.78, 5) is 18.7. The Morgan fingerprint density at radius 3 is 2.60 bits per heavy atom. The molecule has 1 aromatic heterocycles. The third kappa shape index (κ3) is 6.45. The van der Waals surface area contributed by atoms with E-state index in [1.807, 2.05) is 31.2 Å². The Hall–Kier alpha value is -3.91. The van der Waals surface area contributed by atoms with Gasteiger partial charge in [0.05, 0.1) is 20.3 Å². The number of fused-ring (bicyclic) bond motifs is 1. The number of carbonyl (C=O) groups excluding carboxylic acids is 1. The molecule has 1 aliphatic rings. The highest BCUT2D eigenvalue weighted by Crippen LogP contribution is 2.34. The molecule has 0 fully saturated rings. The highest BCUT2D eigenvalue weighted by Gasteiger charge is 2.38. The van der Waals surface area contributed by atoms with Crippen LogP contribution in [0.5, 0.6) is 11.5 Å². The molecular weight excluding hydrogens is 530 g/mol. The molecular formula is C30H33N3O6S. The summed E-state index contributed by atoms with van der Waals surface area (Å²) in [7, 11) is -0.755. The zero-order chi connectivity index (χ0) is 28.9. The Labute approximate surface area is 235 Å². The van der Waals surface area contributed by atoms with E-state index in [1.165, 1.54) is 15.3 Å². The quantitative estimate of drug-likeness (QED) is 0.459. The lowest BCUT2D eigenvalue weighted by atomic mass is 10.0. The molecule has 4 rings (SSSR count). The molecule has 1 N–H and O–H groups in total. The van der Waals surface area contributed by atoms with Crippen molar-refractivity contribution in [2.45, 2.75) is 30.9 Å². The number of methoxy groups -OCH3 is 1. The Bertz CT molecular complexity index is 1520. The van der Waals surface area contributed by atoms with E-state index >= 15 is 0 Å². The number of rotatable bonds is 6. The summed E-state index contributed by atoms with van der Waals surface area (Å²) < 4.78 is 40.4. The SMILES string of the molecule is COc1cccc(C#Cc2ccc3c(c2)O[C@H](CN(C)C(=O)c2ccccn2)[C@@H](C)CN([C@@H](C)CO)S3(=O)=O)c1. The fourth-order valence-electron chi connectivity index (χ4n) is 4.40. The predicted octanol–water partition coefficient (Wildman–Crippen LogP) is 3.03. The number of pyridine rings is 1. The maximum Gasteiger partial charge on any atom is 0.272 e. The minimum absolute atomic E-state index is 0.0182. The van der Waals surface area contributed by atoms with Crippen LogP contribution in [0.4, 0.5) is 0 Å². The molecule has 1 amide bonds. The van der Waals surface area contributed by atoms with Crippen LogP contribution in [0.25, 0.3) is 0 Å². The minimum Gasteiger partial charge on any atom is -0.497 e. The lowest BCUT2D eigenvalue weighted by Gasteiger charge is -2.37. The summed E-state index contributed by atoms with van der Waals surface area (Å²) in [6.07, 6.45) is 1.00. The van der Waals surface area contributed by atoms with Crippen LogP contribution in [-0.4, -0.2) is 79.6 Å². The molecule has 40 heavy (non-hydrogen) atoms. The van der Waals surface area contributed by atoms with Gasteiger partial charge in [0.2, 0.25) is 10.0 Å². The summed E-state index contributed by atoms with van der Waals surface area (Å²) in [5.74, 6) is 6.38. The molecule has 0 unspecified atom stereocenters. The van der Waals surface area contributed by atoms with E-state index < -0.39 is 22.2 Å². The molecule has 2 aromatic carbocycles. The number of aliphatic hydroxyl groups is 1. The average Bonchev–Trinajstić information content (AvgIpc) is 2.97. The largest absolute Gasteiger partial charge is 0.497 e. The fourth-order valence-corrected chi connectivity index (χ4v) is 6.23. The predicted molar refractivity (Wildman–Crippen MR) is 151 cm³/mol. The monoisotopic (exact) mass is 563 g/mol. The Balaban J connectivity index is 1.72. The van der Waals surface area contributed by atoms with Crippen LogP contribution in [-0.2, 0) is 10.0 Å². The van der Waals surface area contributed by atoms with Crippen molar-refractivity contribution >= 4 is 15.9 Å². The maximum absolute atomic E-state index is 13.7. The second-order valence-electron chi connectivity index (χ2n) is 9.78. The van der Waals surface area contributed by atoms with E-state index in [2.05, 4.69) is 16.8 Å². The summed E-state index contributed by atoms with van der Waals surface area (Å²) >= 11 is 0. The van der Waals surface area contributed by atoms with E-state index in [0.717, 1.165) is 5.56 Å². The van der Waals surface area contributed by atoms with Gasteiger partial charge in [-0.1, -0.05) is 30.9 Å². The molecule has 0 spiro atoms. The molecule has 0 radical (unpaired) electrons. The molecule has 3 atom stereocenters. The fraction of sp³-hybridized carbons (Fsp3) is 0.333. The van der Waals surface area contributed by atoms with Gasteiger partial charge >= 0.3 is 0 Å². The molecule has 9 nitrogen and oxygen atoms in total. The van der Waals surface area contributed by atoms with Crippen LogP contribution in [0.2, 0.25) is 0 Å². The van der Waals surface area contributed by atoms with Crippen molar-refractivity contribution in [2.75, 3.05) is 33.9 Å². The van der Waals surface area contributed by atoms with E-state index in [-0.39, 0.29) is 42.2 Å². The number of likely N-dealkylation sites (N-methyl/N-ethyl adjacent to an activating group) is 1. The van der Waals surface area contributed by atoms with Gasteiger partial charge in [0, 0.05) is 42.9 Å². The van der Waals surface area contributed by atoms with Gasteiger partial charge < -0.3 is 19.5 Å². The number of ether oxygens (including phenoxy) is 2. The van der Waals surface area contributed by atoms with Gasteiger partial charge in [-0.05, 0) is 55.5 Å². The van der Waals surface area contributed by atoms with Gasteiger partial charge in [-0.3, -0.25) is 9.78 Å². The zero-order valence-electron chi connectivity index (χ0n) is 22.9. The number of carbonyl (C=O) groups is 1. The first-order valence-corrected chi connectivity index (χ1v) is 14.3. The van der Waals surface area contributed by atoms with Crippen molar-refractivity contribution < 1.29 is 27.8 Å². The molecule has 0 saturated heterocycles. The van der Waals surface area contributed by atoms with Gasteiger partial charge in [-0.25, -0.2) is 8.42 Å². The molecule has 3 aromatic rings. The van der Waals surface area contributed by atoms with E-state index in [4.69, 9.17) is 9.47 Å². The van der Waals surface area contributed by atoms with Crippen molar-refractivity contribution in [2.24, 2.45) is 5.92 Å². The Morgan fingerprint density at radius 1 is 1.18 bits per heavy atom. The molecule has 0 bridgehead atoms. The molecule has 10 heteroatoms. The van der Waals surface area contributed by atoms with Crippen LogP contribution in [0.3, 0.4) is 0 Å². The van der Waals surface area contributed by atoms with Crippen molar-refractivity contribution in [1.29, 1.82) is 0 Å². The standard InChI is InChI=1S/C30H33N3O6S/c1-21-18-33(22(2)20-34)40(36,37)29-14-13-24(12-11-23-8-7-9-25(16-23)38-4)17-27(29)39-28(21)19-32(3)30(35)26-10-5-6-15-31-26/h5-10,13-17,21-22,28,34H,18-20H2,1-4H3/t21-,22-,28+/m0/s1. The lowest BCUT2D eigenvalue weighted by Crippen LogP contribution is -2.50. The van der Waals surface area contributed by atoms with Crippen LogP contribution in [0.1, 0.15) is 35.5 Å². The molecule has 1 aliphatic heterocycles. The first-order chi connectivity index (χ1) is 19.1. The van der Waals surface area contributed by atoms with Crippen LogP contribution < -0.4 is 9.47 Å². The van der Waals surface area contributed by atoms with Crippen LogP contribution >= 0.6 is 0 Å². The summed E-state index contributed by atoms with van der Waals surface area (Å²) in [5.41, 5.74) is 1.60. The summed E-state index contributed by atoms with van der Waals surface area (Å²) in [6, 6.07) is 16.5. The topological polar surface area (TPSA) is 109 Å². The molecule has 0 saturated carbocycles. The number of nitrogens with zero attached hydrogens (tertiary/aromatic N) is 3. The third-order valence-corrected chi connectivity index (χ3v) is 8.79. The first-order valence-electron chi connectivity index (χ1n) is 12.9. The first kappa shape index (κ1) is 29.1. The van der Waals surface area contributed by atoms with Gasteiger partial charge in [0.1, 0.15) is 28.2 Å². The maximum atomic E-state index is 13.7. The minimum atomic E-state index is -4.00. The van der Waals surface area contributed by atoms with Gasteiger partial charge in [-0.2, -0.15) is 4.31 Å². The zero-order valence-corrected chi connectivity index (χ0v) is 23.8. The van der Waals surface area contributed by atoms with Gasteiger partial charge in [0.25, 0.3) is 5.91 Å². The van der Waals surface area contributed by atoms with Gasteiger partial charge in [0.15, 0.2) is 0 Å². The number of benzene rings is 2. The normalized spacial score (nSPS) is 19.0. The van der Waals surface area contributed by atoms with E-state index in [1.54, 1.807) is 57.6 Å². The molecule has 2 heterocycles. The highest BCUT2D eigenvalue weighted by atomic mass is 32.2. The third-order valence-electron chi connectivity index (χ3n) is 6.77. The number of aromatic nitrogens is 1. The van der Waals surface area contributed by atoms with Crippen LogP contribution in [0, 0.1) is 17.8 Å². The summed E-state index contributed by atoms with van der Waals surface area (Å²) in [6.45, 7) is 3.49. The molecule has 210 valence electrons. The van der Waals surface area contributed by atoms with E-state index in [0.29, 0.717) is 17.0 Å². The smallest absolute Gasteiger partial charge is 0.272 e. The number of amides is 1. The Morgan fingerprint density at radius 2 is 1.93 bits per heavy atom. The number of hydrogen-bond acceptors (Lipinski definition) is 7. The van der Waals surface area contributed by atoms with E-state index in [9.17, 15) is 18.3 Å². The number of aliphatic hydroxyl groups excluding tert-OH is 1. The van der Waals surface area contributed by atoms with Crippen LogP contribution in [0.15, 0.2) is 71.8 Å². The Kier molecular flexibility index (Phi) is 9.10. The number of hydrogen-bond donors (Lipinski definition) is 1. The van der Waals surface area contributed by atoms with Crippen molar-refractivity contribution in [3.05, 3.63) is 83.7 Å². The highest BCUT2D eigenvalue weighted by molar-refractivity contribution is 7.89. The number of sulfonamides is 1.